The Bertz CT molecular complexity index is 722. The van der Waals surface area contributed by atoms with E-state index in [9.17, 15) is 5.11 Å². The van der Waals surface area contributed by atoms with Gasteiger partial charge in [-0.1, -0.05) is 58.9 Å². The van der Waals surface area contributed by atoms with Crippen LogP contribution in [0.15, 0.2) is 48.5 Å². The van der Waals surface area contributed by atoms with E-state index in [0.29, 0.717) is 19.6 Å². The van der Waals surface area contributed by atoms with Crippen molar-refractivity contribution in [3.05, 3.63) is 59.7 Å². The topological polar surface area (TPSA) is 51.2 Å². The Hall–Kier alpha value is -2.04. The van der Waals surface area contributed by atoms with E-state index in [0.717, 1.165) is 23.7 Å². The van der Waals surface area contributed by atoms with Crippen LogP contribution in [0, 0.1) is 0 Å². The van der Waals surface area contributed by atoms with E-state index in [1.165, 1.54) is 5.56 Å². The summed E-state index contributed by atoms with van der Waals surface area (Å²) < 4.78 is 16.8. The van der Waals surface area contributed by atoms with Gasteiger partial charge in [-0.05, 0) is 41.8 Å². The molecule has 0 bridgehead atoms. The van der Waals surface area contributed by atoms with Crippen molar-refractivity contribution in [2.45, 2.75) is 58.7 Å². The van der Waals surface area contributed by atoms with Crippen molar-refractivity contribution in [3.63, 3.8) is 0 Å². The number of aliphatic hydroxyl groups is 1. The molecule has 1 aliphatic heterocycles. The van der Waals surface area contributed by atoms with E-state index in [4.69, 9.17) is 14.2 Å². The summed E-state index contributed by atoms with van der Waals surface area (Å²) in [6.07, 6.45) is 0.499. The molecule has 2 atom stereocenters. The largest absolute Gasteiger partial charge is 0.491 e. The maximum atomic E-state index is 9.70. The van der Waals surface area contributed by atoms with Gasteiger partial charge in [-0.25, -0.2) is 0 Å². The molecular formula is C24H34O4. The first-order chi connectivity index (χ1) is 13.5. The molecule has 3 rings (SSSR count). The third-order valence-electron chi connectivity index (χ3n) is 4.86. The number of hydrogen-bond donors (Lipinski definition) is 1. The van der Waals surface area contributed by atoms with Gasteiger partial charge in [0.05, 0.1) is 12.7 Å². The standard InChI is InChI=1S/C22H28O4.C2H6/c1-4-18(23)13-24-19-9-5-7-16(11-19)22(2,3)17-8-6-10-20(12-17)25-14-21-15-26-21;1-2/h5-12,18,21,23H,4,13-15H2,1-3H3;1-2H3. The zero-order valence-corrected chi connectivity index (χ0v) is 17.8. The zero-order valence-electron chi connectivity index (χ0n) is 17.8. The Morgan fingerprint density at radius 1 is 1.04 bits per heavy atom. The fourth-order valence-electron chi connectivity index (χ4n) is 2.78. The highest BCUT2D eigenvalue weighted by molar-refractivity contribution is 5.43. The van der Waals surface area contributed by atoms with E-state index in [2.05, 4.69) is 32.0 Å². The van der Waals surface area contributed by atoms with E-state index in [1.54, 1.807) is 0 Å². The van der Waals surface area contributed by atoms with E-state index in [-0.39, 0.29) is 11.5 Å². The van der Waals surface area contributed by atoms with Crippen LogP contribution >= 0.6 is 0 Å². The van der Waals surface area contributed by atoms with Gasteiger partial charge in [-0.3, -0.25) is 0 Å². The van der Waals surface area contributed by atoms with Gasteiger partial charge in [-0.15, -0.1) is 0 Å². The summed E-state index contributed by atoms with van der Waals surface area (Å²) in [4.78, 5) is 0. The first kappa shape index (κ1) is 22.3. The number of epoxide rings is 1. The molecule has 0 amide bonds. The highest BCUT2D eigenvalue weighted by atomic mass is 16.6. The Morgan fingerprint density at radius 3 is 2.07 bits per heavy atom. The molecule has 0 aromatic heterocycles. The Balaban J connectivity index is 0.00000136. The van der Waals surface area contributed by atoms with Gasteiger partial charge in [0.2, 0.25) is 0 Å². The highest BCUT2D eigenvalue weighted by Gasteiger charge is 2.25. The van der Waals surface area contributed by atoms with Gasteiger partial charge in [0.1, 0.15) is 30.8 Å². The second-order valence-corrected chi connectivity index (χ2v) is 7.32. The first-order valence-corrected chi connectivity index (χ1v) is 10.3. The Morgan fingerprint density at radius 2 is 1.57 bits per heavy atom. The van der Waals surface area contributed by atoms with Gasteiger partial charge >= 0.3 is 0 Å². The molecule has 0 radical (unpaired) electrons. The van der Waals surface area contributed by atoms with Crippen molar-refractivity contribution in [1.29, 1.82) is 0 Å². The molecule has 1 N–H and O–H groups in total. The molecule has 0 aliphatic carbocycles. The van der Waals surface area contributed by atoms with Crippen LogP contribution in [0.2, 0.25) is 0 Å². The molecule has 154 valence electrons. The predicted octanol–water partition coefficient (Wildman–Crippen LogP) is 4.97. The monoisotopic (exact) mass is 386 g/mol. The van der Waals surface area contributed by atoms with Crippen molar-refractivity contribution in [2.75, 3.05) is 19.8 Å². The molecular weight excluding hydrogens is 352 g/mol. The van der Waals surface area contributed by atoms with Gasteiger partial charge in [0, 0.05) is 5.41 Å². The van der Waals surface area contributed by atoms with Crippen molar-refractivity contribution >= 4 is 0 Å². The number of ether oxygens (including phenoxy) is 3. The fraction of sp³-hybridized carbons (Fsp3) is 0.500. The molecule has 1 heterocycles. The summed E-state index contributed by atoms with van der Waals surface area (Å²) in [5.41, 5.74) is 2.14. The predicted molar refractivity (Wildman–Crippen MR) is 113 cm³/mol. The third kappa shape index (κ3) is 6.25. The lowest BCUT2D eigenvalue weighted by Gasteiger charge is -2.27. The minimum atomic E-state index is -0.434. The SMILES string of the molecule is CC.CCC(O)COc1cccc(C(C)(C)c2cccc(OCC3CO3)c2)c1. The maximum Gasteiger partial charge on any atom is 0.119 e. The fourth-order valence-corrected chi connectivity index (χ4v) is 2.78. The molecule has 4 heteroatoms. The molecule has 2 aromatic rings. The highest BCUT2D eigenvalue weighted by Crippen LogP contribution is 2.35. The van der Waals surface area contributed by atoms with Crippen molar-refractivity contribution < 1.29 is 19.3 Å². The second kappa shape index (κ2) is 10.5. The van der Waals surface area contributed by atoms with Crippen LogP contribution in [-0.2, 0) is 10.2 Å². The Kier molecular flexibility index (Phi) is 8.34. The molecule has 1 fully saturated rings. The molecule has 4 nitrogen and oxygen atoms in total. The lowest BCUT2D eigenvalue weighted by atomic mass is 9.78. The smallest absolute Gasteiger partial charge is 0.119 e. The molecule has 28 heavy (non-hydrogen) atoms. The van der Waals surface area contributed by atoms with Crippen LogP contribution in [0.25, 0.3) is 0 Å². The normalized spacial score (nSPS) is 16.6. The lowest BCUT2D eigenvalue weighted by molar-refractivity contribution is 0.104. The van der Waals surface area contributed by atoms with Crippen molar-refractivity contribution in [3.8, 4) is 11.5 Å². The Labute approximate surface area is 169 Å². The molecule has 2 unspecified atom stereocenters. The van der Waals surface area contributed by atoms with Gasteiger partial charge in [0.25, 0.3) is 0 Å². The van der Waals surface area contributed by atoms with Gasteiger partial charge in [-0.2, -0.15) is 0 Å². The average Bonchev–Trinajstić information content (AvgIpc) is 3.57. The van der Waals surface area contributed by atoms with Gasteiger partial charge < -0.3 is 19.3 Å². The van der Waals surface area contributed by atoms with E-state index >= 15 is 0 Å². The minimum absolute atomic E-state index is 0.196. The number of benzene rings is 2. The summed E-state index contributed by atoms with van der Waals surface area (Å²) in [5, 5.41) is 9.70. The van der Waals surface area contributed by atoms with Crippen LogP contribution in [0.5, 0.6) is 11.5 Å². The average molecular weight is 387 g/mol. The van der Waals surface area contributed by atoms with Crippen LogP contribution in [0.4, 0.5) is 0 Å². The third-order valence-corrected chi connectivity index (χ3v) is 4.86. The van der Waals surface area contributed by atoms with Crippen molar-refractivity contribution in [1.82, 2.24) is 0 Å². The van der Waals surface area contributed by atoms with Crippen LogP contribution in [-0.4, -0.2) is 37.1 Å². The molecule has 0 spiro atoms. The van der Waals surface area contributed by atoms with E-state index in [1.807, 2.05) is 51.1 Å². The number of aliphatic hydroxyl groups excluding tert-OH is 1. The second-order valence-electron chi connectivity index (χ2n) is 7.32. The number of rotatable bonds is 9. The molecule has 1 saturated heterocycles. The van der Waals surface area contributed by atoms with Crippen LogP contribution in [0.3, 0.4) is 0 Å². The van der Waals surface area contributed by atoms with Crippen LogP contribution < -0.4 is 9.47 Å². The zero-order chi connectivity index (χ0) is 20.6. The van der Waals surface area contributed by atoms with Crippen LogP contribution in [0.1, 0.15) is 52.2 Å². The quantitative estimate of drug-likeness (QED) is 0.619. The van der Waals surface area contributed by atoms with E-state index < -0.39 is 6.10 Å². The summed E-state index contributed by atoms with van der Waals surface area (Å²) in [5.74, 6) is 1.64. The van der Waals surface area contributed by atoms with Gasteiger partial charge in [0.15, 0.2) is 0 Å². The maximum absolute atomic E-state index is 9.70. The lowest BCUT2D eigenvalue weighted by Crippen LogP contribution is -2.20. The number of hydrogen-bond acceptors (Lipinski definition) is 4. The minimum Gasteiger partial charge on any atom is -0.491 e. The first-order valence-electron chi connectivity index (χ1n) is 10.3. The van der Waals surface area contributed by atoms with Crippen molar-refractivity contribution in [2.24, 2.45) is 0 Å². The molecule has 0 saturated carbocycles. The molecule has 2 aromatic carbocycles. The summed E-state index contributed by atoms with van der Waals surface area (Å²) >= 11 is 0. The molecule has 1 aliphatic rings. The summed E-state index contributed by atoms with van der Waals surface area (Å²) in [6, 6.07) is 16.3. The summed E-state index contributed by atoms with van der Waals surface area (Å²) in [7, 11) is 0. The summed E-state index contributed by atoms with van der Waals surface area (Å²) in [6.45, 7) is 12.0.